The number of nitrogens with two attached hydrogens (primary N) is 1. The molecule has 3 unspecified atom stereocenters. The second-order valence-corrected chi connectivity index (χ2v) is 5.27. The summed E-state index contributed by atoms with van der Waals surface area (Å²) in [6.45, 7) is 4.43. The molecule has 2 fully saturated rings. The maximum absolute atomic E-state index is 11.6. The molecule has 1 aliphatic carbocycles. The van der Waals surface area contributed by atoms with Crippen molar-refractivity contribution in [2.75, 3.05) is 26.2 Å². The fraction of sp³-hybridized carbons (Fsp3) is 0.833. The van der Waals surface area contributed by atoms with Crippen molar-refractivity contribution in [3.63, 3.8) is 0 Å². The first-order valence-corrected chi connectivity index (χ1v) is 6.65. The minimum atomic E-state index is -0.418. The highest BCUT2D eigenvalue weighted by atomic mass is 16.2. The van der Waals surface area contributed by atoms with Gasteiger partial charge in [0.2, 0.25) is 5.91 Å². The van der Waals surface area contributed by atoms with Gasteiger partial charge in [0.1, 0.15) is 0 Å². The minimum Gasteiger partial charge on any atom is -0.338 e. The van der Waals surface area contributed by atoms with Crippen LogP contribution in [0.4, 0.5) is 4.79 Å². The Labute approximate surface area is 107 Å². The van der Waals surface area contributed by atoms with Crippen molar-refractivity contribution < 1.29 is 9.59 Å². The summed E-state index contributed by atoms with van der Waals surface area (Å²) >= 11 is 0. The molecule has 102 valence electrons. The third kappa shape index (κ3) is 3.00. The van der Waals surface area contributed by atoms with Crippen molar-refractivity contribution in [3.8, 4) is 0 Å². The van der Waals surface area contributed by atoms with Crippen molar-refractivity contribution in [3.05, 3.63) is 0 Å². The normalized spacial score (nSPS) is 31.1. The summed E-state index contributed by atoms with van der Waals surface area (Å²) in [7, 11) is 0. The third-order valence-electron chi connectivity index (χ3n) is 3.95. The van der Waals surface area contributed by atoms with Crippen molar-refractivity contribution >= 4 is 11.9 Å². The first-order valence-electron chi connectivity index (χ1n) is 6.65. The molecule has 0 aromatic carbocycles. The second kappa shape index (κ2) is 5.67. The van der Waals surface area contributed by atoms with Crippen LogP contribution in [0.15, 0.2) is 0 Å². The summed E-state index contributed by atoms with van der Waals surface area (Å²) < 4.78 is 0. The van der Waals surface area contributed by atoms with Crippen LogP contribution in [-0.4, -0.2) is 49.1 Å². The highest BCUT2D eigenvalue weighted by molar-refractivity contribution is 5.95. The number of fused-ring (bicyclic) bond motifs is 1. The van der Waals surface area contributed by atoms with E-state index in [0.29, 0.717) is 18.4 Å². The van der Waals surface area contributed by atoms with Gasteiger partial charge in [0.15, 0.2) is 0 Å². The van der Waals surface area contributed by atoms with Gasteiger partial charge in [-0.1, -0.05) is 0 Å². The van der Waals surface area contributed by atoms with Crippen LogP contribution in [0, 0.1) is 11.8 Å². The summed E-state index contributed by atoms with van der Waals surface area (Å²) in [6, 6.07) is -0.134. The molecule has 0 radical (unpaired) electrons. The molecule has 6 heteroatoms. The van der Waals surface area contributed by atoms with Gasteiger partial charge in [-0.2, -0.15) is 0 Å². The molecule has 3 amide bonds. The number of rotatable bonds is 3. The number of likely N-dealkylation sites (tertiary alicyclic amines) is 1. The van der Waals surface area contributed by atoms with Crippen LogP contribution in [0.3, 0.4) is 0 Å². The third-order valence-corrected chi connectivity index (χ3v) is 3.95. The number of carbonyl (C=O) groups is 2. The molecular formula is C12H22N4O2. The fourth-order valence-corrected chi connectivity index (χ4v) is 3.10. The van der Waals surface area contributed by atoms with Gasteiger partial charge in [-0.15, -0.1) is 0 Å². The Hall–Kier alpha value is -1.14. The Kier molecular flexibility index (Phi) is 4.19. The molecular weight excluding hydrogens is 232 g/mol. The first kappa shape index (κ1) is 13.3. The van der Waals surface area contributed by atoms with Crippen molar-refractivity contribution in [1.82, 2.24) is 15.5 Å². The highest BCUT2D eigenvalue weighted by Gasteiger charge is 2.41. The number of nitrogens with zero attached hydrogens (tertiary/aromatic N) is 1. The monoisotopic (exact) mass is 254 g/mol. The molecule has 1 saturated carbocycles. The van der Waals surface area contributed by atoms with E-state index in [-0.39, 0.29) is 18.5 Å². The summed E-state index contributed by atoms with van der Waals surface area (Å²) in [4.78, 5) is 24.9. The van der Waals surface area contributed by atoms with Gasteiger partial charge in [-0.25, -0.2) is 4.79 Å². The van der Waals surface area contributed by atoms with Gasteiger partial charge in [0.05, 0.1) is 6.54 Å². The molecule has 18 heavy (non-hydrogen) atoms. The molecule has 4 N–H and O–H groups in total. The van der Waals surface area contributed by atoms with Crippen LogP contribution < -0.4 is 16.4 Å². The zero-order valence-corrected chi connectivity index (χ0v) is 10.8. The average Bonchev–Trinajstić information content (AvgIpc) is 2.81. The smallest absolute Gasteiger partial charge is 0.321 e. The predicted octanol–water partition coefficient (Wildman–Crippen LogP) is -0.499. The van der Waals surface area contributed by atoms with E-state index in [1.54, 1.807) is 0 Å². The van der Waals surface area contributed by atoms with E-state index in [0.717, 1.165) is 19.5 Å². The number of imide groups is 1. The molecule has 6 nitrogen and oxygen atoms in total. The van der Waals surface area contributed by atoms with E-state index in [9.17, 15) is 9.59 Å². The van der Waals surface area contributed by atoms with Crippen LogP contribution in [0.5, 0.6) is 0 Å². The van der Waals surface area contributed by atoms with Gasteiger partial charge >= 0.3 is 6.03 Å². The lowest BCUT2D eigenvalue weighted by atomic mass is 9.98. The van der Waals surface area contributed by atoms with Crippen LogP contribution in [0.1, 0.15) is 19.8 Å². The zero-order valence-electron chi connectivity index (χ0n) is 10.8. The Morgan fingerprint density at radius 1 is 1.33 bits per heavy atom. The van der Waals surface area contributed by atoms with E-state index >= 15 is 0 Å². The SMILES string of the molecule is CCNC(=O)NC(=O)CN1CC2CCC(N)C2C1. The summed E-state index contributed by atoms with van der Waals surface area (Å²) in [5.41, 5.74) is 6.04. The maximum Gasteiger partial charge on any atom is 0.321 e. The summed E-state index contributed by atoms with van der Waals surface area (Å²) in [5, 5.41) is 4.86. The largest absolute Gasteiger partial charge is 0.338 e. The number of carbonyl (C=O) groups excluding carboxylic acids is 2. The van der Waals surface area contributed by atoms with E-state index in [4.69, 9.17) is 5.73 Å². The van der Waals surface area contributed by atoms with Gasteiger partial charge in [-0.05, 0) is 31.6 Å². The second-order valence-electron chi connectivity index (χ2n) is 5.27. The Morgan fingerprint density at radius 2 is 2.11 bits per heavy atom. The zero-order chi connectivity index (χ0) is 13.1. The number of hydrogen-bond acceptors (Lipinski definition) is 4. The maximum atomic E-state index is 11.6. The lowest BCUT2D eigenvalue weighted by molar-refractivity contribution is -0.121. The predicted molar refractivity (Wildman–Crippen MR) is 67.8 cm³/mol. The molecule has 0 aromatic rings. The van der Waals surface area contributed by atoms with Crippen LogP contribution in [-0.2, 0) is 4.79 Å². The molecule has 0 aromatic heterocycles. The molecule has 3 atom stereocenters. The number of hydrogen-bond donors (Lipinski definition) is 3. The standard InChI is InChI=1S/C12H22N4O2/c1-2-14-12(18)15-11(17)7-16-5-8-3-4-10(13)9(8)6-16/h8-10H,2-7,13H2,1H3,(H2,14,15,17,18). The summed E-state index contributed by atoms with van der Waals surface area (Å²) in [5.74, 6) is 0.925. The van der Waals surface area contributed by atoms with Crippen molar-refractivity contribution in [1.29, 1.82) is 0 Å². The minimum absolute atomic E-state index is 0.241. The molecule has 1 heterocycles. The van der Waals surface area contributed by atoms with Gasteiger partial charge < -0.3 is 11.1 Å². The highest BCUT2D eigenvalue weighted by Crippen LogP contribution is 2.36. The van der Waals surface area contributed by atoms with Crippen LogP contribution in [0.25, 0.3) is 0 Å². The molecule has 2 rings (SSSR count). The lowest BCUT2D eigenvalue weighted by Crippen LogP contribution is -2.44. The van der Waals surface area contributed by atoms with Crippen LogP contribution in [0.2, 0.25) is 0 Å². The van der Waals surface area contributed by atoms with Crippen molar-refractivity contribution in [2.45, 2.75) is 25.8 Å². The summed E-state index contributed by atoms with van der Waals surface area (Å²) in [6.07, 6.45) is 2.27. The van der Waals surface area contributed by atoms with Gasteiger partial charge in [-0.3, -0.25) is 15.0 Å². The topological polar surface area (TPSA) is 87.5 Å². The first-order chi connectivity index (χ1) is 8.60. The molecule has 0 bridgehead atoms. The molecule has 1 saturated heterocycles. The number of amides is 3. The number of nitrogens with one attached hydrogen (secondary N) is 2. The van der Waals surface area contributed by atoms with Gasteiger partial charge in [0.25, 0.3) is 0 Å². The number of urea groups is 1. The van der Waals surface area contributed by atoms with Crippen LogP contribution >= 0.6 is 0 Å². The molecule has 0 spiro atoms. The van der Waals surface area contributed by atoms with Crippen molar-refractivity contribution in [2.24, 2.45) is 17.6 Å². The lowest BCUT2D eigenvalue weighted by Gasteiger charge is -2.17. The average molecular weight is 254 g/mol. The molecule has 1 aliphatic heterocycles. The van der Waals surface area contributed by atoms with E-state index in [2.05, 4.69) is 15.5 Å². The Morgan fingerprint density at radius 3 is 2.78 bits per heavy atom. The van der Waals surface area contributed by atoms with E-state index in [1.807, 2.05) is 6.92 Å². The Balaban J connectivity index is 1.74. The van der Waals surface area contributed by atoms with Gasteiger partial charge in [0, 0.05) is 25.7 Å². The van der Waals surface area contributed by atoms with E-state index < -0.39 is 6.03 Å². The quantitative estimate of drug-likeness (QED) is 0.633. The molecule has 2 aliphatic rings. The fourth-order valence-electron chi connectivity index (χ4n) is 3.10. The van der Waals surface area contributed by atoms with E-state index in [1.165, 1.54) is 6.42 Å². The Bertz CT molecular complexity index is 334.